The summed E-state index contributed by atoms with van der Waals surface area (Å²) in [7, 11) is 1.16. The first-order valence-electron chi connectivity index (χ1n) is 6.48. The summed E-state index contributed by atoms with van der Waals surface area (Å²) in [5.74, 6) is -1.32. The Hall–Kier alpha value is -2.31. The molecule has 0 N–H and O–H groups in total. The van der Waals surface area contributed by atoms with Gasteiger partial charge in [0.25, 0.3) is 0 Å². The van der Waals surface area contributed by atoms with Crippen LogP contribution in [0.2, 0.25) is 0 Å². The standard InChI is InChI=1S/C14H13F2N3O2/c1-21-13(20)14(16)5-4-10-6-12(18-19(10)8-14)11-3-2-9(15)7-17-11/h2-3,6-7H,4-5,8H2,1H3. The second-order valence-electron chi connectivity index (χ2n) is 5.00. The number of rotatable bonds is 2. The van der Waals surface area contributed by atoms with Crippen LogP contribution in [0.4, 0.5) is 8.78 Å². The molecule has 21 heavy (non-hydrogen) atoms. The summed E-state index contributed by atoms with van der Waals surface area (Å²) in [6, 6.07) is 4.57. The van der Waals surface area contributed by atoms with Crippen LogP contribution in [-0.4, -0.2) is 33.5 Å². The van der Waals surface area contributed by atoms with Crippen LogP contribution in [0.15, 0.2) is 24.4 Å². The van der Waals surface area contributed by atoms with E-state index >= 15 is 0 Å². The zero-order valence-electron chi connectivity index (χ0n) is 11.3. The minimum absolute atomic E-state index is 0.0572. The number of halogens is 2. The molecule has 1 aliphatic rings. The highest BCUT2D eigenvalue weighted by molar-refractivity contribution is 5.79. The van der Waals surface area contributed by atoms with Crippen molar-refractivity contribution in [2.75, 3.05) is 7.11 Å². The molecule has 1 atom stereocenters. The van der Waals surface area contributed by atoms with Crippen molar-refractivity contribution in [3.8, 4) is 11.4 Å². The van der Waals surface area contributed by atoms with Gasteiger partial charge in [0.1, 0.15) is 11.5 Å². The molecule has 0 saturated carbocycles. The van der Waals surface area contributed by atoms with E-state index in [2.05, 4.69) is 14.8 Å². The molecule has 0 aliphatic carbocycles. The summed E-state index contributed by atoms with van der Waals surface area (Å²) in [6.45, 7) is -0.184. The number of alkyl halides is 1. The summed E-state index contributed by atoms with van der Waals surface area (Å²) < 4.78 is 33.3. The van der Waals surface area contributed by atoms with Crippen molar-refractivity contribution in [2.24, 2.45) is 0 Å². The van der Waals surface area contributed by atoms with E-state index < -0.39 is 17.5 Å². The molecule has 0 bridgehead atoms. The van der Waals surface area contributed by atoms with Gasteiger partial charge in [-0.15, -0.1) is 0 Å². The third-order valence-corrected chi connectivity index (χ3v) is 3.58. The van der Waals surface area contributed by atoms with Crippen molar-refractivity contribution in [1.82, 2.24) is 14.8 Å². The largest absolute Gasteiger partial charge is 0.467 e. The summed E-state index contributed by atoms with van der Waals surface area (Å²) >= 11 is 0. The number of ether oxygens (including phenoxy) is 1. The monoisotopic (exact) mass is 293 g/mol. The molecule has 3 rings (SSSR count). The molecule has 0 fully saturated rings. The Labute approximate surface area is 119 Å². The van der Waals surface area contributed by atoms with Crippen molar-refractivity contribution in [3.63, 3.8) is 0 Å². The van der Waals surface area contributed by atoms with Gasteiger partial charge in [0.2, 0.25) is 5.67 Å². The molecule has 2 aromatic rings. The van der Waals surface area contributed by atoms with Crippen LogP contribution in [0.25, 0.3) is 11.4 Å². The van der Waals surface area contributed by atoms with E-state index in [-0.39, 0.29) is 13.0 Å². The van der Waals surface area contributed by atoms with Gasteiger partial charge in [-0.3, -0.25) is 9.67 Å². The molecule has 2 aromatic heterocycles. The first kappa shape index (κ1) is 13.7. The van der Waals surface area contributed by atoms with Crippen LogP contribution in [0.1, 0.15) is 12.1 Å². The Bertz CT molecular complexity index is 684. The lowest BCUT2D eigenvalue weighted by Crippen LogP contribution is -2.43. The Morgan fingerprint density at radius 3 is 2.90 bits per heavy atom. The van der Waals surface area contributed by atoms with Crippen molar-refractivity contribution >= 4 is 5.97 Å². The Morgan fingerprint density at radius 2 is 2.24 bits per heavy atom. The second kappa shape index (κ2) is 4.91. The average Bonchev–Trinajstić information content (AvgIpc) is 2.89. The van der Waals surface area contributed by atoms with E-state index in [9.17, 15) is 13.6 Å². The summed E-state index contributed by atoms with van der Waals surface area (Å²) in [6.07, 6.45) is 1.53. The van der Waals surface area contributed by atoms with Crippen LogP contribution >= 0.6 is 0 Å². The van der Waals surface area contributed by atoms with Crippen LogP contribution in [-0.2, 0) is 22.5 Å². The number of aryl methyl sites for hydroxylation is 1. The van der Waals surface area contributed by atoms with Crippen molar-refractivity contribution in [2.45, 2.75) is 25.1 Å². The van der Waals surface area contributed by atoms with Crippen LogP contribution < -0.4 is 0 Å². The molecule has 1 aliphatic heterocycles. The maximum absolute atomic E-state index is 14.5. The fraction of sp³-hybridized carbons (Fsp3) is 0.357. The molecule has 0 spiro atoms. The van der Waals surface area contributed by atoms with Crippen molar-refractivity contribution < 1.29 is 18.3 Å². The molecule has 7 heteroatoms. The molecule has 0 saturated heterocycles. The average molecular weight is 293 g/mol. The predicted molar refractivity (Wildman–Crippen MR) is 69.6 cm³/mol. The van der Waals surface area contributed by atoms with Gasteiger partial charge in [0.05, 0.1) is 25.5 Å². The maximum atomic E-state index is 14.5. The van der Waals surface area contributed by atoms with E-state index in [0.29, 0.717) is 17.8 Å². The lowest BCUT2D eigenvalue weighted by atomic mass is 9.95. The molecule has 0 amide bonds. The number of fused-ring (bicyclic) bond motifs is 1. The highest BCUT2D eigenvalue weighted by Crippen LogP contribution is 2.30. The summed E-state index contributed by atoms with van der Waals surface area (Å²) in [4.78, 5) is 15.5. The zero-order chi connectivity index (χ0) is 15.0. The van der Waals surface area contributed by atoms with Gasteiger partial charge in [-0.2, -0.15) is 5.10 Å². The Balaban J connectivity index is 1.91. The van der Waals surface area contributed by atoms with E-state index in [0.717, 1.165) is 19.0 Å². The van der Waals surface area contributed by atoms with E-state index in [4.69, 9.17) is 0 Å². The lowest BCUT2D eigenvalue weighted by molar-refractivity contribution is -0.157. The molecule has 0 aromatic carbocycles. The number of nitrogens with zero attached hydrogens (tertiary/aromatic N) is 3. The first-order valence-corrected chi connectivity index (χ1v) is 6.48. The smallest absolute Gasteiger partial charge is 0.345 e. The molecular formula is C14H13F2N3O2. The van der Waals surface area contributed by atoms with Crippen LogP contribution in [0.5, 0.6) is 0 Å². The topological polar surface area (TPSA) is 57.0 Å². The molecule has 5 nitrogen and oxygen atoms in total. The summed E-state index contributed by atoms with van der Waals surface area (Å²) in [5.41, 5.74) is -0.213. The van der Waals surface area contributed by atoms with Gasteiger partial charge in [-0.1, -0.05) is 0 Å². The lowest BCUT2D eigenvalue weighted by Gasteiger charge is -2.27. The van der Waals surface area contributed by atoms with Crippen molar-refractivity contribution in [1.29, 1.82) is 0 Å². The number of carbonyl (C=O) groups is 1. The fourth-order valence-corrected chi connectivity index (χ4v) is 2.44. The van der Waals surface area contributed by atoms with E-state index in [1.165, 1.54) is 16.8 Å². The van der Waals surface area contributed by atoms with Crippen LogP contribution in [0.3, 0.4) is 0 Å². The highest BCUT2D eigenvalue weighted by atomic mass is 19.1. The normalized spacial score (nSPS) is 20.9. The predicted octanol–water partition coefficient (Wildman–Crippen LogP) is 1.91. The first-order chi connectivity index (χ1) is 10.0. The molecule has 110 valence electrons. The molecule has 3 heterocycles. The number of esters is 1. The molecular weight excluding hydrogens is 280 g/mol. The van der Waals surface area contributed by atoms with Gasteiger partial charge >= 0.3 is 5.97 Å². The van der Waals surface area contributed by atoms with Gasteiger partial charge < -0.3 is 4.74 Å². The Kier molecular flexibility index (Phi) is 3.19. The number of carbonyl (C=O) groups excluding carboxylic acids is 1. The SMILES string of the molecule is COC(=O)C1(F)CCc2cc(-c3ccc(F)cn3)nn2C1. The number of hydrogen-bond acceptors (Lipinski definition) is 4. The third kappa shape index (κ3) is 2.39. The molecule has 1 unspecified atom stereocenters. The van der Waals surface area contributed by atoms with Crippen molar-refractivity contribution in [3.05, 3.63) is 35.9 Å². The summed E-state index contributed by atoms with van der Waals surface area (Å²) in [5, 5.41) is 4.25. The van der Waals surface area contributed by atoms with Gasteiger partial charge in [-0.25, -0.2) is 13.6 Å². The van der Waals surface area contributed by atoms with E-state index in [1.807, 2.05) is 0 Å². The minimum Gasteiger partial charge on any atom is -0.467 e. The number of aromatic nitrogens is 3. The fourth-order valence-electron chi connectivity index (χ4n) is 2.44. The van der Waals surface area contributed by atoms with Gasteiger partial charge in [0.15, 0.2) is 0 Å². The second-order valence-corrected chi connectivity index (χ2v) is 5.00. The maximum Gasteiger partial charge on any atom is 0.345 e. The number of methoxy groups -OCH3 is 1. The molecule has 0 radical (unpaired) electrons. The number of hydrogen-bond donors (Lipinski definition) is 0. The number of pyridine rings is 1. The third-order valence-electron chi connectivity index (χ3n) is 3.58. The quantitative estimate of drug-likeness (QED) is 0.794. The van der Waals surface area contributed by atoms with Gasteiger partial charge in [0, 0.05) is 5.69 Å². The zero-order valence-corrected chi connectivity index (χ0v) is 11.3. The van der Waals surface area contributed by atoms with E-state index in [1.54, 1.807) is 6.07 Å². The highest BCUT2D eigenvalue weighted by Gasteiger charge is 2.43. The minimum atomic E-state index is -2.05. The Morgan fingerprint density at radius 1 is 1.43 bits per heavy atom. The van der Waals surface area contributed by atoms with Crippen LogP contribution in [0, 0.1) is 5.82 Å². The van der Waals surface area contributed by atoms with Gasteiger partial charge in [-0.05, 0) is 31.0 Å².